The zero-order valence-corrected chi connectivity index (χ0v) is 11.4. The van der Waals surface area contributed by atoms with Crippen molar-refractivity contribution >= 4 is 11.8 Å². The molecule has 1 aliphatic heterocycles. The van der Waals surface area contributed by atoms with Gasteiger partial charge in [0.2, 0.25) is 11.8 Å². The van der Waals surface area contributed by atoms with E-state index in [0.29, 0.717) is 18.0 Å². The summed E-state index contributed by atoms with van der Waals surface area (Å²) in [6.45, 7) is 6.29. The fourth-order valence-corrected chi connectivity index (χ4v) is 2.29. The minimum atomic E-state index is 0.253. The quantitative estimate of drug-likeness (QED) is 0.830. The number of aromatic nitrogens is 2. The monoisotopic (exact) mass is 251 g/mol. The van der Waals surface area contributed by atoms with E-state index in [9.17, 15) is 0 Å². The van der Waals surface area contributed by atoms with Gasteiger partial charge in [0.15, 0.2) is 0 Å². The molecule has 6 heteroatoms. The number of hydrogen-bond donors (Lipinski definition) is 1. The Labute approximate surface area is 108 Å². The van der Waals surface area contributed by atoms with E-state index in [-0.39, 0.29) is 5.95 Å². The van der Waals surface area contributed by atoms with E-state index < -0.39 is 0 Å². The van der Waals surface area contributed by atoms with E-state index in [1.54, 1.807) is 7.11 Å². The fraction of sp³-hybridized carbons (Fsp3) is 0.667. The summed E-state index contributed by atoms with van der Waals surface area (Å²) in [4.78, 5) is 12.9. The maximum atomic E-state index is 5.70. The summed E-state index contributed by atoms with van der Waals surface area (Å²) < 4.78 is 5.13. The van der Waals surface area contributed by atoms with Gasteiger partial charge in [-0.1, -0.05) is 0 Å². The van der Waals surface area contributed by atoms with E-state index >= 15 is 0 Å². The smallest absolute Gasteiger partial charge is 0.225 e. The number of hydrogen-bond acceptors (Lipinski definition) is 6. The molecule has 0 amide bonds. The van der Waals surface area contributed by atoms with Gasteiger partial charge in [-0.15, -0.1) is 0 Å². The Bertz CT molecular complexity index is 413. The molecular weight excluding hydrogens is 230 g/mol. The van der Waals surface area contributed by atoms with Crippen LogP contribution >= 0.6 is 0 Å². The van der Waals surface area contributed by atoms with E-state index in [2.05, 4.69) is 40.7 Å². The Morgan fingerprint density at radius 3 is 2.44 bits per heavy atom. The largest absolute Gasteiger partial charge is 0.481 e. The highest BCUT2D eigenvalue weighted by Crippen LogP contribution is 2.23. The molecule has 18 heavy (non-hydrogen) atoms. The standard InChI is InChI=1S/C12H21N5O/c1-8-6-17(7-9(2)16(8)3)10-5-11(18-4)15-12(13)14-10/h5,8-9H,6-7H2,1-4H3,(H2,13,14,15). The van der Waals surface area contributed by atoms with Crippen LogP contribution in [0.2, 0.25) is 0 Å². The van der Waals surface area contributed by atoms with Crippen LogP contribution in [0.1, 0.15) is 13.8 Å². The highest BCUT2D eigenvalue weighted by molar-refractivity contribution is 5.46. The summed E-state index contributed by atoms with van der Waals surface area (Å²) in [7, 11) is 3.74. The van der Waals surface area contributed by atoms with Crippen LogP contribution < -0.4 is 15.4 Å². The Morgan fingerprint density at radius 1 is 1.28 bits per heavy atom. The minimum absolute atomic E-state index is 0.253. The lowest BCUT2D eigenvalue weighted by atomic mass is 10.1. The van der Waals surface area contributed by atoms with Crippen LogP contribution in [0.15, 0.2) is 6.07 Å². The van der Waals surface area contributed by atoms with Crippen molar-refractivity contribution < 1.29 is 4.74 Å². The van der Waals surface area contributed by atoms with Gasteiger partial charge in [-0.25, -0.2) is 0 Å². The van der Waals surface area contributed by atoms with Crippen molar-refractivity contribution in [3.8, 4) is 5.88 Å². The topological polar surface area (TPSA) is 67.5 Å². The number of ether oxygens (including phenoxy) is 1. The fourth-order valence-electron chi connectivity index (χ4n) is 2.29. The van der Waals surface area contributed by atoms with E-state index in [1.807, 2.05) is 6.07 Å². The summed E-state index contributed by atoms with van der Waals surface area (Å²) in [5.74, 6) is 1.60. The number of piperazine rings is 1. The number of nitrogens with two attached hydrogens (primary N) is 1. The van der Waals surface area contributed by atoms with E-state index in [1.165, 1.54) is 0 Å². The van der Waals surface area contributed by atoms with Crippen molar-refractivity contribution in [2.45, 2.75) is 25.9 Å². The van der Waals surface area contributed by atoms with Gasteiger partial charge >= 0.3 is 0 Å². The molecule has 2 N–H and O–H groups in total. The lowest BCUT2D eigenvalue weighted by Crippen LogP contribution is -2.55. The molecule has 1 fully saturated rings. The molecule has 1 saturated heterocycles. The number of nitrogen functional groups attached to an aromatic ring is 1. The van der Waals surface area contributed by atoms with Gasteiger partial charge in [-0.2, -0.15) is 9.97 Å². The van der Waals surface area contributed by atoms with Crippen LogP contribution in [0, 0.1) is 0 Å². The number of nitrogens with zero attached hydrogens (tertiary/aromatic N) is 4. The van der Waals surface area contributed by atoms with Crippen LogP contribution in [0.3, 0.4) is 0 Å². The van der Waals surface area contributed by atoms with Crippen LogP contribution in [-0.2, 0) is 0 Å². The molecule has 1 aliphatic rings. The zero-order chi connectivity index (χ0) is 13.3. The Morgan fingerprint density at radius 2 is 1.89 bits per heavy atom. The van der Waals surface area contributed by atoms with E-state index in [4.69, 9.17) is 10.5 Å². The molecule has 0 aliphatic carbocycles. The molecule has 0 spiro atoms. The molecule has 6 nitrogen and oxygen atoms in total. The third-order valence-electron chi connectivity index (χ3n) is 3.60. The van der Waals surface area contributed by atoms with Crippen LogP contribution in [0.4, 0.5) is 11.8 Å². The lowest BCUT2D eigenvalue weighted by Gasteiger charge is -2.42. The van der Waals surface area contributed by atoms with Crippen molar-refractivity contribution in [3.63, 3.8) is 0 Å². The second-order valence-electron chi connectivity index (χ2n) is 4.90. The van der Waals surface area contributed by atoms with Gasteiger partial charge in [0, 0.05) is 31.2 Å². The molecule has 0 aromatic carbocycles. The number of rotatable bonds is 2. The van der Waals surface area contributed by atoms with Crippen molar-refractivity contribution in [3.05, 3.63) is 6.07 Å². The maximum Gasteiger partial charge on any atom is 0.225 e. The molecule has 2 unspecified atom stereocenters. The molecule has 2 rings (SSSR count). The predicted octanol–water partition coefficient (Wildman–Crippen LogP) is 0.596. The van der Waals surface area contributed by atoms with Crippen molar-refractivity contribution in [1.29, 1.82) is 0 Å². The summed E-state index contributed by atoms with van der Waals surface area (Å²) in [5.41, 5.74) is 5.70. The first-order valence-corrected chi connectivity index (χ1v) is 6.16. The number of likely N-dealkylation sites (N-methyl/N-ethyl adjacent to an activating group) is 1. The normalized spacial score (nSPS) is 25.2. The second-order valence-corrected chi connectivity index (χ2v) is 4.90. The molecular formula is C12H21N5O. The predicted molar refractivity (Wildman–Crippen MR) is 71.9 cm³/mol. The summed E-state index contributed by atoms with van der Waals surface area (Å²) in [6.07, 6.45) is 0. The van der Waals surface area contributed by atoms with Crippen LogP contribution in [0.5, 0.6) is 5.88 Å². The molecule has 0 bridgehead atoms. The number of methoxy groups -OCH3 is 1. The van der Waals surface area contributed by atoms with Crippen molar-refractivity contribution in [1.82, 2.24) is 14.9 Å². The Balaban J connectivity index is 2.23. The van der Waals surface area contributed by atoms with Gasteiger partial charge in [-0.05, 0) is 20.9 Å². The maximum absolute atomic E-state index is 5.70. The first-order chi connectivity index (χ1) is 8.51. The molecule has 100 valence electrons. The first-order valence-electron chi connectivity index (χ1n) is 6.16. The molecule has 0 radical (unpaired) electrons. The minimum Gasteiger partial charge on any atom is -0.481 e. The van der Waals surface area contributed by atoms with Gasteiger partial charge < -0.3 is 15.4 Å². The first kappa shape index (κ1) is 12.9. The molecule has 1 aromatic rings. The summed E-state index contributed by atoms with van der Waals surface area (Å²) >= 11 is 0. The Kier molecular flexibility index (Phi) is 3.56. The van der Waals surface area contributed by atoms with Gasteiger partial charge in [0.1, 0.15) is 5.82 Å². The highest BCUT2D eigenvalue weighted by Gasteiger charge is 2.27. The molecule has 0 saturated carbocycles. The summed E-state index contributed by atoms with van der Waals surface area (Å²) in [6, 6.07) is 2.80. The van der Waals surface area contributed by atoms with Crippen LogP contribution in [0.25, 0.3) is 0 Å². The SMILES string of the molecule is COc1cc(N2CC(C)N(C)C(C)C2)nc(N)n1. The lowest BCUT2D eigenvalue weighted by molar-refractivity contribution is 0.169. The van der Waals surface area contributed by atoms with E-state index in [0.717, 1.165) is 18.9 Å². The third kappa shape index (κ3) is 2.48. The van der Waals surface area contributed by atoms with Gasteiger partial charge in [0.25, 0.3) is 0 Å². The zero-order valence-electron chi connectivity index (χ0n) is 11.4. The average Bonchev–Trinajstić information content (AvgIpc) is 2.34. The highest BCUT2D eigenvalue weighted by atomic mass is 16.5. The second kappa shape index (κ2) is 4.97. The van der Waals surface area contributed by atoms with Crippen LogP contribution in [-0.4, -0.2) is 54.2 Å². The molecule has 2 atom stereocenters. The van der Waals surface area contributed by atoms with Crippen molar-refractivity contribution in [2.75, 3.05) is 37.9 Å². The molecule has 2 heterocycles. The average molecular weight is 251 g/mol. The van der Waals surface area contributed by atoms with Gasteiger partial charge in [-0.3, -0.25) is 4.90 Å². The van der Waals surface area contributed by atoms with Gasteiger partial charge in [0.05, 0.1) is 7.11 Å². The molecule has 1 aromatic heterocycles. The summed E-state index contributed by atoms with van der Waals surface area (Å²) in [5, 5.41) is 0. The number of anilines is 2. The third-order valence-corrected chi connectivity index (χ3v) is 3.60. The van der Waals surface area contributed by atoms with Crippen molar-refractivity contribution in [2.24, 2.45) is 0 Å². The Hall–Kier alpha value is -1.56.